The molecule has 0 aliphatic carbocycles. The van der Waals surface area contributed by atoms with Crippen LogP contribution < -0.4 is 9.64 Å². The maximum atomic E-state index is 15.5. The summed E-state index contributed by atoms with van der Waals surface area (Å²) in [6.07, 6.45) is 3.48. The van der Waals surface area contributed by atoms with Crippen molar-refractivity contribution in [3.63, 3.8) is 0 Å². The molecule has 4 aromatic rings. The predicted molar refractivity (Wildman–Crippen MR) is 158 cm³/mol. The molecule has 0 amide bonds. The van der Waals surface area contributed by atoms with Crippen molar-refractivity contribution in [1.82, 2.24) is 19.4 Å². The summed E-state index contributed by atoms with van der Waals surface area (Å²) >= 11 is 0. The SMILES string of the molecule is COC(=O)Cc1c(C)nc2c(cc(-c3ccnc(N4CCN(C)CC4)c3)n2C)c1-c1cc(F)c2c(c1C)CCCO2. The lowest BCUT2D eigenvalue weighted by molar-refractivity contribution is -0.139. The third kappa shape index (κ3) is 4.82. The van der Waals surface area contributed by atoms with Crippen LogP contribution in [0, 0.1) is 19.7 Å². The normalized spacial score (nSPS) is 15.6. The van der Waals surface area contributed by atoms with Gasteiger partial charge in [-0.3, -0.25) is 4.79 Å². The van der Waals surface area contributed by atoms with E-state index in [-0.39, 0.29) is 18.2 Å². The number of hydrogen-bond donors (Lipinski definition) is 0. The van der Waals surface area contributed by atoms with Gasteiger partial charge in [0.1, 0.15) is 11.5 Å². The van der Waals surface area contributed by atoms with Crippen molar-refractivity contribution >= 4 is 22.8 Å². The number of esters is 1. The number of fused-ring (bicyclic) bond motifs is 2. The van der Waals surface area contributed by atoms with Gasteiger partial charge in [-0.15, -0.1) is 0 Å². The Kier molecular flexibility index (Phi) is 7.15. The van der Waals surface area contributed by atoms with E-state index in [2.05, 4.69) is 38.5 Å². The van der Waals surface area contributed by atoms with Gasteiger partial charge in [-0.05, 0) is 80.3 Å². The molecular formula is C32H36FN5O3. The monoisotopic (exact) mass is 557 g/mol. The maximum absolute atomic E-state index is 15.5. The van der Waals surface area contributed by atoms with Crippen molar-refractivity contribution in [3.05, 3.63) is 58.7 Å². The summed E-state index contributed by atoms with van der Waals surface area (Å²) in [7, 11) is 5.52. The standard InChI is InChI=1S/C32H36FN5O3/c1-19-22-7-6-14-41-31(22)26(33)16-23(19)30-24(18-29(39)40-5)20(2)35-32-25(30)17-27(37(32)4)21-8-9-34-28(15-21)38-12-10-36(3)11-13-38/h8-9,15-17H,6-7,10-14,18H2,1-5H3. The fourth-order valence-corrected chi connectivity index (χ4v) is 6.20. The molecule has 1 fully saturated rings. The predicted octanol–water partition coefficient (Wildman–Crippen LogP) is 4.85. The Morgan fingerprint density at radius 3 is 2.66 bits per heavy atom. The van der Waals surface area contributed by atoms with Crippen molar-refractivity contribution in [3.8, 4) is 28.1 Å². The number of carbonyl (C=O) groups excluding carboxylic acids is 1. The number of halogens is 1. The second kappa shape index (κ2) is 10.8. The number of nitrogens with zero attached hydrogens (tertiary/aromatic N) is 5. The molecule has 2 aliphatic heterocycles. The molecule has 8 nitrogen and oxygen atoms in total. The summed E-state index contributed by atoms with van der Waals surface area (Å²) in [5.41, 5.74) is 7.65. The topological polar surface area (TPSA) is 72.7 Å². The molecular weight excluding hydrogens is 521 g/mol. The molecule has 3 aromatic heterocycles. The first-order chi connectivity index (χ1) is 19.8. The van der Waals surface area contributed by atoms with Crippen LogP contribution in [0.3, 0.4) is 0 Å². The van der Waals surface area contributed by atoms with E-state index >= 15 is 4.39 Å². The lowest BCUT2D eigenvalue weighted by Crippen LogP contribution is -2.44. The van der Waals surface area contributed by atoms with E-state index in [0.717, 1.165) is 94.9 Å². The van der Waals surface area contributed by atoms with E-state index in [4.69, 9.17) is 14.5 Å². The lowest BCUT2D eigenvalue weighted by atomic mass is 9.87. The zero-order valence-corrected chi connectivity index (χ0v) is 24.4. The Morgan fingerprint density at radius 1 is 1.12 bits per heavy atom. The van der Waals surface area contributed by atoms with Gasteiger partial charge in [0.2, 0.25) is 0 Å². The van der Waals surface area contributed by atoms with E-state index in [1.807, 2.05) is 33.2 Å². The second-order valence-corrected chi connectivity index (χ2v) is 11.1. The number of aromatic nitrogens is 3. The van der Waals surface area contributed by atoms with Crippen LogP contribution >= 0.6 is 0 Å². The third-order valence-corrected chi connectivity index (χ3v) is 8.61. The maximum Gasteiger partial charge on any atom is 0.310 e. The van der Waals surface area contributed by atoms with Crippen LogP contribution in [0.5, 0.6) is 5.75 Å². The quantitative estimate of drug-likeness (QED) is 0.325. The highest BCUT2D eigenvalue weighted by Crippen LogP contribution is 2.43. The average Bonchev–Trinajstić information content (AvgIpc) is 3.31. The number of likely N-dealkylation sites (N-methyl/N-ethyl adjacent to an activating group) is 1. The Hall–Kier alpha value is -3.98. The van der Waals surface area contributed by atoms with Crippen LogP contribution in [-0.2, 0) is 29.4 Å². The second-order valence-electron chi connectivity index (χ2n) is 11.1. The van der Waals surface area contributed by atoms with Crippen molar-refractivity contribution in [2.75, 3.05) is 51.8 Å². The van der Waals surface area contributed by atoms with Gasteiger partial charge in [-0.2, -0.15) is 0 Å². The number of methoxy groups -OCH3 is 1. The summed E-state index contributed by atoms with van der Waals surface area (Å²) in [4.78, 5) is 26.8. The zero-order chi connectivity index (χ0) is 28.8. The molecule has 0 saturated carbocycles. The van der Waals surface area contributed by atoms with E-state index < -0.39 is 0 Å². The molecule has 0 unspecified atom stereocenters. The number of carbonyl (C=O) groups is 1. The van der Waals surface area contributed by atoms with Crippen LogP contribution in [0.25, 0.3) is 33.4 Å². The van der Waals surface area contributed by atoms with E-state index in [0.29, 0.717) is 18.1 Å². The smallest absolute Gasteiger partial charge is 0.310 e. The number of hydrogen-bond acceptors (Lipinski definition) is 7. The summed E-state index contributed by atoms with van der Waals surface area (Å²) in [6, 6.07) is 7.80. The van der Waals surface area contributed by atoms with Gasteiger partial charge in [-0.1, -0.05) is 0 Å². The Labute approximate surface area is 239 Å². The first-order valence-corrected chi connectivity index (χ1v) is 14.2. The molecule has 2 aliphatic rings. The summed E-state index contributed by atoms with van der Waals surface area (Å²) in [6.45, 7) is 8.28. The van der Waals surface area contributed by atoms with Crippen LogP contribution in [0.2, 0.25) is 0 Å². The number of aryl methyl sites for hydroxylation is 2. The molecule has 1 saturated heterocycles. The summed E-state index contributed by atoms with van der Waals surface area (Å²) < 4.78 is 28.3. The van der Waals surface area contributed by atoms with Gasteiger partial charge in [0.15, 0.2) is 11.6 Å². The van der Waals surface area contributed by atoms with Crippen LogP contribution in [0.4, 0.5) is 10.2 Å². The molecule has 5 heterocycles. The molecule has 0 bridgehead atoms. The van der Waals surface area contributed by atoms with Gasteiger partial charge < -0.3 is 23.8 Å². The van der Waals surface area contributed by atoms with Gasteiger partial charge in [0.25, 0.3) is 0 Å². The number of anilines is 1. The van der Waals surface area contributed by atoms with E-state index in [1.165, 1.54) is 7.11 Å². The van der Waals surface area contributed by atoms with E-state index in [1.54, 1.807) is 6.07 Å². The number of rotatable bonds is 5. The van der Waals surface area contributed by atoms with Gasteiger partial charge >= 0.3 is 5.97 Å². The molecule has 1 aromatic carbocycles. The van der Waals surface area contributed by atoms with Crippen LogP contribution in [-0.4, -0.2) is 72.3 Å². The minimum absolute atomic E-state index is 0.0439. The van der Waals surface area contributed by atoms with Crippen molar-refractivity contribution in [2.45, 2.75) is 33.1 Å². The first kappa shape index (κ1) is 27.2. The molecule has 41 heavy (non-hydrogen) atoms. The Balaban J connectivity index is 1.56. The molecule has 0 radical (unpaired) electrons. The number of pyridine rings is 2. The highest BCUT2D eigenvalue weighted by molar-refractivity contribution is 6.01. The molecule has 9 heteroatoms. The largest absolute Gasteiger partial charge is 0.490 e. The lowest BCUT2D eigenvalue weighted by Gasteiger charge is -2.33. The van der Waals surface area contributed by atoms with E-state index in [9.17, 15) is 4.79 Å². The van der Waals surface area contributed by atoms with Crippen molar-refractivity contribution in [2.24, 2.45) is 7.05 Å². The van der Waals surface area contributed by atoms with Gasteiger partial charge in [0.05, 0.1) is 25.8 Å². The average molecular weight is 558 g/mol. The van der Waals surface area contributed by atoms with Crippen molar-refractivity contribution in [1.29, 1.82) is 0 Å². The number of ether oxygens (including phenoxy) is 2. The zero-order valence-electron chi connectivity index (χ0n) is 24.4. The Bertz CT molecular complexity index is 1660. The van der Waals surface area contributed by atoms with Gasteiger partial charge in [0, 0.05) is 61.6 Å². The minimum atomic E-state index is -0.381. The van der Waals surface area contributed by atoms with Crippen molar-refractivity contribution < 1.29 is 18.7 Å². The fourth-order valence-electron chi connectivity index (χ4n) is 6.20. The minimum Gasteiger partial charge on any atom is -0.490 e. The fraction of sp³-hybridized carbons (Fsp3) is 0.406. The number of benzene rings is 1. The molecule has 0 N–H and O–H groups in total. The highest BCUT2D eigenvalue weighted by Gasteiger charge is 2.27. The van der Waals surface area contributed by atoms with Crippen LogP contribution in [0.1, 0.15) is 28.8 Å². The molecule has 214 valence electrons. The van der Waals surface area contributed by atoms with Gasteiger partial charge in [-0.25, -0.2) is 14.4 Å². The number of piperazine rings is 1. The highest BCUT2D eigenvalue weighted by atomic mass is 19.1. The summed E-state index contributed by atoms with van der Waals surface area (Å²) in [5, 5.41) is 0.865. The molecule has 0 spiro atoms. The molecule has 6 rings (SSSR count). The summed E-state index contributed by atoms with van der Waals surface area (Å²) in [5.74, 6) is 0.547. The Morgan fingerprint density at radius 2 is 1.90 bits per heavy atom. The van der Waals surface area contributed by atoms with Crippen LogP contribution in [0.15, 0.2) is 30.5 Å². The first-order valence-electron chi connectivity index (χ1n) is 14.2. The third-order valence-electron chi connectivity index (χ3n) is 8.61. The molecule has 0 atom stereocenters.